The zero-order chi connectivity index (χ0) is 12.5. The van der Waals surface area contributed by atoms with Crippen LogP contribution >= 0.6 is 0 Å². The van der Waals surface area contributed by atoms with Gasteiger partial charge in [-0.05, 0) is 23.5 Å². The molecule has 1 aliphatic heterocycles. The van der Waals surface area contributed by atoms with Gasteiger partial charge in [-0.1, -0.05) is 45.0 Å². The van der Waals surface area contributed by atoms with Gasteiger partial charge in [-0.2, -0.15) is 0 Å². The second kappa shape index (κ2) is 4.79. The minimum absolute atomic E-state index is 0.0812. The lowest BCUT2D eigenvalue weighted by molar-refractivity contribution is 0.0607. The molecule has 0 spiro atoms. The van der Waals surface area contributed by atoms with Crippen molar-refractivity contribution in [2.45, 2.75) is 45.2 Å². The Kier molecular flexibility index (Phi) is 3.55. The molecule has 2 N–H and O–H groups in total. The molecule has 0 aliphatic carbocycles. The van der Waals surface area contributed by atoms with Crippen molar-refractivity contribution in [3.8, 4) is 0 Å². The van der Waals surface area contributed by atoms with Crippen LogP contribution in [0.4, 0.5) is 0 Å². The zero-order valence-corrected chi connectivity index (χ0v) is 11.2. The van der Waals surface area contributed by atoms with Crippen molar-refractivity contribution in [2.75, 3.05) is 13.1 Å². The van der Waals surface area contributed by atoms with Crippen LogP contribution in [0.25, 0.3) is 0 Å². The monoisotopic (exact) mass is 232 g/mol. The lowest BCUT2D eigenvalue weighted by atomic mass is 9.88. The Bertz CT molecular complexity index is 361. The van der Waals surface area contributed by atoms with E-state index < -0.39 is 0 Å². The third kappa shape index (κ3) is 2.88. The second-order valence-electron chi connectivity index (χ2n) is 5.76. The Morgan fingerprint density at radius 3 is 2.29 bits per heavy atom. The van der Waals surface area contributed by atoms with Crippen LogP contribution < -0.4 is 5.73 Å². The van der Waals surface area contributed by atoms with E-state index in [0.717, 1.165) is 26.1 Å². The molecule has 2 nitrogen and oxygen atoms in total. The molecule has 0 saturated carbocycles. The molecule has 1 aliphatic rings. The summed E-state index contributed by atoms with van der Waals surface area (Å²) in [5, 5.41) is 0. The third-order valence-corrected chi connectivity index (χ3v) is 3.83. The summed E-state index contributed by atoms with van der Waals surface area (Å²) < 4.78 is 0. The number of hydrogen-bond acceptors (Lipinski definition) is 2. The molecule has 0 bridgehead atoms. The highest BCUT2D eigenvalue weighted by molar-refractivity contribution is 5.25. The molecule has 2 heteroatoms. The second-order valence-corrected chi connectivity index (χ2v) is 5.76. The van der Waals surface area contributed by atoms with Gasteiger partial charge in [-0.15, -0.1) is 0 Å². The summed E-state index contributed by atoms with van der Waals surface area (Å²) in [4.78, 5) is 2.42. The summed E-state index contributed by atoms with van der Waals surface area (Å²) in [6, 6.07) is 8.99. The maximum absolute atomic E-state index is 6.17. The van der Waals surface area contributed by atoms with E-state index in [9.17, 15) is 0 Å². The van der Waals surface area contributed by atoms with Gasteiger partial charge in [-0.3, -0.25) is 4.90 Å². The maximum Gasteiger partial charge on any atom is 0.0410 e. The molecule has 1 aromatic rings. The molecular formula is C15H24N2. The first-order chi connectivity index (χ1) is 8.02. The molecule has 94 valence electrons. The van der Waals surface area contributed by atoms with E-state index in [1.165, 1.54) is 11.1 Å². The first-order valence-corrected chi connectivity index (χ1v) is 6.62. The first kappa shape index (κ1) is 12.6. The lowest BCUT2D eigenvalue weighted by Crippen LogP contribution is -2.66. The van der Waals surface area contributed by atoms with Gasteiger partial charge < -0.3 is 5.73 Å². The summed E-state index contributed by atoms with van der Waals surface area (Å²) >= 11 is 0. The van der Waals surface area contributed by atoms with Crippen LogP contribution in [0.1, 0.15) is 44.2 Å². The van der Waals surface area contributed by atoms with Gasteiger partial charge in [0, 0.05) is 25.2 Å². The quantitative estimate of drug-likeness (QED) is 0.865. The minimum atomic E-state index is 0.0812. The Labute approximate surface area is 105 Å². The molecule has 0 radical (unpaired) electrons. The number of nitrogens with zero attached hydrogens (tertiary/aromatic N) is 1. The SMILES string of the molecule is CCC1(N)CN(Cc2ccc(C(C)C)cc2)C1. The topological polar surface area (TPSA) is 29.3 Å². The molecule has 1 aromatic carbocycles. The molecule has 17 heavy (non-hydrogen) atoms. The molecule has 1 saturated heterocycles. The number of hydrogen-bond donors (Lipinski definition) is 1. The zero-order valence-electron chi connectivity index (χ0n) is 11.2. The average molecular weight is 232 g/mol. The van der Waals surface area contributed by atoms with Gasteiger partial charge in [-0.25, -0.2) is 0 Å². The molecule has 1 fully saturated rings. The van der Waals surface area contributed by atoms with Crippen molar-refractivity contribution in [1.82, 2.24) is 4.90 Å². The Morgan fingerprint density at radius 1 is 1.24 bits per heavy atom. The van der Waals surface area contributed by atoms with E-state index in [1.54, 1.807) is 0 Å². The Morgan fingerprint density at radius 2 is 1.82 bits per heavy atom. The number of rotatable bonds is 4. The van der Waals surface area contributed by atoms with Crippen LogP contribution in [0, 0.1) is 0 Å². The molecule has 0 amide bonds. The summed E-state index contributed by atoms with van der Waals surface area (Å²) in [6.07, 6.45) is 1.08. The van der Waals surface area contributed by atoms with Gasteiger partial charge in [0.2, 0.25) is 0 Å². The Hall–Kier alpha value is -0.860. The van der Waals surface area contributed by atoms with Crippen molar-refractivity contribution in [3.05, 3.63) is 35.4 Å². The molecular weight excluding hydrogens is 208 g/mol. The summed E-state index contributed by atoms with van der Waals surface area (Å²) in [5.74, 6) is 0.616. The van der Waals surface area contributed by atoms with Crippen molar-refractivity contribution >= 4 is 0 Å². The average Bonchev–Trinajstić information content (AvgIpc) is 2.27. The fourth-order valence-electron chi connectivity index (χ4n) is 2.45. The number of likely N-dealkylation sites (tertiary alicyclic amines) is 1. The first-order valence-electron chi connectivity index (χ1n) is 6.62. The highest BCUT2D eigenvalue weighted by Crippen LogP contribution is 2.24. The normalized spacial score (nSPS) is 19.4. The molecule has 0 aromatic heterocycles. The van der Waals surface area contributed by atoms with E-state index in [2.05, 4.69) is 49.9 Å². The predicted octanol–water partition coefficient (Wildman–Crippen LogP) is 2.73. The minimum Gasteiger partial charge on any atom is -0.323 e. The maximum atomic E-state index is 6.17. The van der Waals surface area contributed by atoms with Crippen LogP contribution in [0.15, 0.2) is 24.3 Å². The Balaban J connectivity index is 1.89. The van der Waals surface area contributed by atoms with E-state index in [0.29, 0.717) is 5.92 Å². The van der Waals surface area contributed by atoms with Crippen molar-refractivity contribution in [2.24, 2.45) is 5.73 Å². The number of benzene rings is 1. The van der Waals surface area contributed by atoms with E-state index in [1.807, 2.05) is 0 Å². The van der Waals surface area contributed by atoms with E-state index in [-0.39, 0.29) is 5.54 Å². The number of nitrogens with two attached hydrogens (primary N) is 1. The van der Waals surface area contributed by atoms with Gasteiger partial charge >= 0.3 is 0 Å². The fourth-order valence-corrected chi connectivity index (χ4v) is 2.45. The predicted molar refractivity (Wildman–Crippen MR) is 73.0 cm³/mol. The fraction of sp³-hybridized carbons (Fsp3) is 0.600. The van der Waals surface area contributed by atoms with Crippen LogP contribution in [-0.2, 0) is 6.54 Å². The summed E-state index contributed by atoms with van der Waals surface area (Å²) in [7, 11) is 0. The third-order valence-electron chi connectivity index (χ3n) is 3.83. The van der Waals surface area contributed by atoms with Crippen molar-refractivity contribution in [3.63, 3.8) is 0 Å². The van der Waals surface area contributed by atoms with Crippen molar-refractivity contribution < 1.29 is 0 Å². The molecule has 0 atom stereocenters. The van der Waals surface area contributed by atoms with Crippen LogP contribution in [0.2, 0.25) is 0 Å². The van der Waals surface area contributed by atoms with Gasteiger partial charge in [0.25, 0.3) is 0 Å². The largest absolute Gasteiger partial charge is 0.323 e. The smallest absolute Gasteiger partial charge is 0.0410 e. The summed E-state index contributed by atoms with van der Waals surface area (Å²) in [6.45, 7) is 9.75. The highest BCUT2D eigenvalue weighted by Gasteiger charge is 2.37. The van der Waals surface area contributed by atoms with Gasteiger partial charge in [0.15, 0.2) is 0 Å². The summed E-state index contributed by atoms with van der Waals surface area (Å²) in [5.41, 5.74) is 9.06. The van der Waals surface area contributed by atoms with Crippen LogP contribution in [-0.4, -0.2) is 23.5 Å². The van der Waals surface area contributed by atoms with Gasteiger partial charge in [0.1, 0.15) is 0 Å². The molecule has 1 heterocycles. The van der Waals surface area contributed by atoms with Gasteiger partial charge in [0.05, 0.1) is 0 Å². The molecule has 2 rings (SSSR count). The van der Waals surface area contributed by atoms with E-state index in [4.69, 9.17) is 5.73 Å². The highest BCUT2D eigenvalue weighted by atomic mass is 15.2. The van der Waals surface area contributed by atoms with Crippen LogP contribution in [0.5, 0.6) is 0 Å². The standard InChI is InChI=1S/C15H24N2/c1-4-15(16)10-17(11-15)9-13-5-7-14(8-6-13)12(2)3/h5-8,12H,4,9-11,16H2,1-3H3. The lowest BCUT2D eigenvalue weighted by Gasteiger charge is -2.47. The van der Waals surface area contributed by atoms with E-state index >= 15 is 0 Å². The van der Waals surface area contributed by atoms with Crippen molar-refractivity contribution in [1.29, 1.82) is 0 Å². The van der Waals surface area contributed by atoms with Crippen LogP contribution in [0.3, 0.4) is 0 Å². The molecule has 0 unspecified atom stereocenters.